The number of carbonyl (C=O) groups excluding carboxylic acids is 1. The van der Waals surface area contributed by atoms with Crippen LogP contribution in [0.15, 0.2) is 29.8 Å². The molecular weight excluding hydrogens is 298 g/mol. The number of anilines is 1. The van der Waals surface area contributed by atoms with Crippen molar-refractivity contribution in [2.75, 3.05) is 12.4 Å². The maximum absolute atomic E-state index is 12.2. The standard InChI is InChI=1S/C16H19N3O2S/c1-10-9-12(5-6-13(10)21-2)18-16(20)19-14(11-3-4-11)15-17-7-8-22-15/h5-9,11,14H,3-4H2,1-2H3,(H2,18,19,20)/t14-/m0/s1. The van der Waals surface area contributed by atoms with Gasteiger partial charge in [0.25, 0.3) is 0 Å². The van der Waals surface area contributed by atoms with Crippen LogP contribution in [0.5, 0.6) is 5.75 Å². The molecule has 1 fully saturated rings. The number of thiazole rings is 1. The zero-order valence-corrected chi connectivity index (χ0v) is 13.4. The first-order valence-electron chi connectivity index (χ1n) is 7.29. The zero-order valence-electron chi connectivity index (χ0n) is 12.6. The van der Waals surface area contributed by atoms with Crippen molar-refractivity contribution in [2.45, 2.75) is 25.8 Å². The van der Waals surface area contributed by atoms with Crippen LogP contribution in [0.25, 0.3) is 0 Å². The third kappa shape index (κ3) is 3.39. The van der Waals surface area contributed by atoms with Gasteiger partial charge in [0.05, 0.1) is 13.2 Å². The van der Waals surface area contributed by atoms with Crippen molar-refractivity contribution < 1.29 is 9.53 Å². The number of ether oxygens (including phenoxy) is 1. The first kappa shape index (κ1) is 14.8. The van der Waals surface area contributed by atoms with Crippen molar-refractivity contribution in [3.63, 3.8) is 0 Å². The van der Waals surface area contributed by atoms with Crippen LogP contribution >= 0.6 is 11.3 Å². The number of aryl methyl sites for hydroxylation is 1. The number of nitrogens with one attached hydrogen (secondary N) is 2. The summed E-state index contributed by atoms with van der Waals surface area (Å²) in [5.74, 6) is 1.32. The molecule has 116 valence electrons. The van der Waals surface area contributed by atoms with E-state index in [0.717, 1.165) is 34.8 Å². The number of amides is 2. The van der Waals surface area contributed by atoms with Crippen LogP contribution in [0.1, 0.15) is 29.5 Å². The SMILES string of the molecule is COc1ccc(NC(=O)N[C@H](c2nccs2)C2CC2)cc1C. The van der Waals surface area contributed by atoms with E-state index in [-0.39, 0.29) is 12.1 Å². The van der Waals surface area contributed by atoms with Crippen LogP contribution in [0.2, 0.25) is 0 Å². The molecular formula is C16H19N3O2S. The largest absolute Gasteiger partial charge is 0.496 e. The molecule has 22 heavy (non-hydrogen) atoms. The molecule has 0 radical (unpaired) electrons. The van der Waals surface area contributed by atoms with E-state index in [1.165, 1.54) is 0 Å². The highest BCUT2D eigenvalue weighted by Gasteiger charge is 2.35. The second-order valence-electron chi connectivity index (χ2n) is 5.47. The fraction of sp³-hybridized carbons (Fsp3) is 0.375. The Morgan fingerprint density at radius 2 is 2.27 bits per heavy atom. The van der Waals surface area contributed by atoms with Gasteiger partial charge in [0.1, 0.15) is 10.8 Å². The second-order valence-corrected chi connectivity index (χ2v) is 6.39. The van der Waals surface area contributed by atoms with Gasteiger partial charge in [-0.25, -0.2) is 9.78 Å². The summed E-state index contributed by atoms with van der Waals surface area (Å²) in [4.78, 5) is 16.6. The summed E-state index contributed by atoms with van der Waals surface area (Å²) in [6, 6.07) is 5.40. The molecule has 0 bridgehead atoms. The van der Waals surface area contributed by atoms with Gasteiger partial charge in [-0.1, -0.05) is 0 Å². The molecule has 0 aliphatic heterocycles. The van der Waals surface area contributed by atoms with Crippen LogP contribution in [0.4, 0.5) is 10.5 Å². The first-order valence-corrected chi connectivity index (χ1v) is 8.17. The average molecular weight is 317 g/mol. The van der Waals surface area contributed by atoms with E-state index in [1.807, 2.05) is 30.5 Å². The van der Waals surface area contributed by atoms with Gasteiger partial charge < -0.3 is 15.4 Å². The summed E-state index contributed by atoms with van der Waals surface area (Å²) < 4.78 is 5.22. The predicted molar refractivity (Wildman–Crippen MR) is 87.5 cm³/mol. The Hall–Kier alpha value is -2.08. The van der Waals surface area contributed by atoms with Crippen molar-refractivity contribution in [1.29, 1.82) is 0 Å². The number of benzene rings is 1. The molecule has 1 atom stereocenters. The lowest BCUT2D eigenvalue weighted by Gasteiger charge is -2.17. The van der Waals surface area contributed by atoms with Gasteiger partial charge in [0, 0.05) is 17.3 Å². The molecule has 1 heterocycles. The Morgan fingerprint density at radius 3 is 2.86 bits per heavy atom. The molecule has 1 aromatic heterocycles. The fourth-order valence-electron chi connectivity index (χ4n) is 2.46. The summed E-state index contributed by atoms with van der Waals surface area (Å²) in [6.45, 7) is 1.95. The van der Waals surface area contributed by atoms with Gasteiger partial charge >= 0.3 is 6.03 Å². The minimum atomic E-state index is -0.198. The minimum absolute atomic E-state index is 0.0133. The third-order valence-corrected chi connectivity index (χ3v) is 4.61. The first-order chi connectivity index (χ1) is 10.7. The van der Waals surface area contributed by atoms with Crippen LogP contribution in [-0.2, 0) is 0 Å². The summed E-state index contributed by atoms with van der Waals surface area (Å²) in [5.41, 5.74) is 1.74. The van der Waals surface area contributed by atoms with Crippen LogP contribution < -0.4 is 15.4 Å². The van der Waals surface area contributed by atoms with E-state index in [0.29, 0.717) is 5.92 Å². The van der Waals surface area contributed by atoms with E-state index < -0.39 is 0 Å². The number of carbonyl (C=O) groups is 1. The van der Waals surface area contributed by atoms with E-state index in [4.69, 9.17) is 4.74 Å². The fourth-order valence-corrected chi connectivity index (χ4v) is 3.24. The van der Waals surface area contributed by atoms with Crippen molar-refractivity contribution in [3.05, 3.63) is 40.3 Å². The van der Waals surface area contributed by atoms with Crippen molar-refractivity contribution in [1.82, 2.24) is 10.3 Å². The van der Waals surface area contributed by atoms with Gasteiger partial charge in [-0.05, 0) is 49.4 Å². The van der Waals surface area contributed by atoms with Crippen LogP contribution in [-0.4, -0.2) is 18.1 Å². The maximum Gasteiger partial charge on any atom is 0.319 e. The van der Waals surface area contributed by atoms with E-state index >= 15 is 0 Å². The van der Waals surface area contributed by atoms with E-state index in [2.05, 4.69) is 15.6 Å². The smallest absolute Gasteiger partial charge is 0.319 e. The Labute approximate surface area is 133 Å². The maximum atomic E-state index is 12.2. The number of methoxy groups -OCH3 is 1. The molecule has 5 nitrogen and oxygen atoms in total. The lowest BCUT2D eigenvalue weighted by molar-refractivity contribution is 0.247. The summed E-state index contributed by atoms with van der Waals surface area (Å²) >= 11 is 1.58. The highest BCUT2D eigenvalue weighted by atomic mass is 32.1. The van der Waals surface area contributed by atoms with E-state index in [9.17, 15) is 4.79 Å². The number of aromatic nitrogens is 1. The number of urea groups is 1. The molecule has 1 aliphatic carbocycles. The molecule has 2 N–H and O–H groups in total. The van der Waals surface area contributed by atoms with Gasteiger partial charge in [-0.2, -0.15) is 0 Å². The predicted octanol–water partition coefficient (Wildman–Crippen LogP) is 3.73. The highest BCUT2D eigenvalue weighted by Crippen LogP contribution is 2.41. The van der Waals surface area contributed by atoms with Gasteiger partial charge in [-0.3, -0.25) is 0 Å². The Kier molecular flexibility index (Phi) is 4.29. The molecule has 3 rings (SSSR count). The molecule has 0 spiro atoms. The van der Waals surface area contributed by atoms with Crippen molar-refractivity contribution in [3.8, 4) is 5.75 Å². The number of nitrogens with zero attached hydrogens (tertiary/aromatic N) is 1. The minimum Gasteiger partial charge on any atom is -0.496 e. The van der Waals surface area contributed by atoms with Crippen molar-refractivity contribution >= 4 is 23.1 Å². The molecule has 6 heteroatoms. The molecule has 2 amide bonds. The van der Waals surface area contributed by atoms with Gasteiger partial charge in [-0.15, -0.1) is 11.3 Å². The lowest BCUT2D eigenvalue weighted by atomic mass is 10.2. The van der Waals surface area contributed by atoms with Gasteiger partial charge in [0.15, 0.2) is 0 Å². The average Bonchev–Trinajstić information content (AvgIpc) is 3.19. The quantitative estimate of drug-likeness (QED) is 0.883. The normalized spacial score (nSPS) is 15.2. The molecule has 0 unspecified atom stereocenters. The van der Waals surface area contributed by atoms with Crippen molar-refractivity contribution in [2.24, 2.45) is 5.92 Å². The number of rotatable bonds is 5. The van der Waals surface area contributed by atoms with E-state index in [1.54, 1.807) is 24.6 Å². The Balaban J connectivity index is 1.65. The monoisotopic (exact) mass is 317 g/mol. The molecule has 1 aliphatic rings. The summed E-state index contributed by atoms with van der Waals surface area (Å²) in [6.07, 6.45) is 4.07. The number of hydrogen-bond acceptors (Lipinski definition) is 4. The Morgan fingerprint density at radius 1 is 1.45 bits per heavy atom. The molecule has 1 saturated carbocycles. The Bertz CT molecular complexity index is 653. The third-order valence-electron chi connectivity index (χ3n) is 3.75. The van der Waals surface area contributed by atoms with Gasteiger partial charge in [0.2, 0.25) is 0 Å². The molecule has 1 aromatic carbocycles. The zero-order chi connectivity index (χ0) is 15.5. The highest BCUT2D eigenvalue weighted by molar-refractivity contribution is 7.09. The van der Waals surface area contributed by atoms with Crippen LogP contribution in [0.3, 0.4) is 0 Å². The molecule has 0 saturated heterocycles. The summed E-state index contributed by atoms with van der Waals surface area (Å²) in [7, 11) is 1.64. The summed E-state index contributed by atoms with van der Waals surface area (Å²) in [5, 5.41) is 8.84. The molecule has 2 aromatic rings. The lowest BCUT2D eigenvalue weighted by Crippen LogP contribution is -2.33. The topological polar surface area (TPSA) is 63.2 Å². The number of hydrogen-bond donors (Lipinski definition) is 2. The van der Waals surface area contributed by atoms with Crippen LogP contribution in [0, 0.1) is 12.8 Å². The second kappa shape index (κ2) is 6.36.